The Morgan fingerprint density at radius 3 is 2.88 bits per heavy atom. The van der Waals surface area contributed by atoms with Crippen molar-refractivity contribution < 1.29 is 8.42 Å². The summed E-state index contributed by atoms with van der Waals surface area (Å²) in [6.45, 7) is 0.446. The molecule has 7 heteroatoms. The summed E-state index contributed by atoms with van der Waals surface area (Å²) in [6.07, 6.45) is 5.71. The van der Waals surface area contributed by atoms with Crippen LogP contribution in [0.15, 0.2) is 23.4 Å². The van der Waals surface area contributed by atoms with Gasteiger partial charge in [0.1, 0.15) is 4.90 Å². The van der Waals surface area contributed by atoms with E-state index in [0.717, 1.165) is 12.2 Å². The van der Waals surface area contributed by atoms with Crippen molar-refractivity contribution in [2.24, 2.45) is 0 Å². The quantitative estimate of drug-likeness (QED) is 0.731. The number of thioether (sulfide) groups is 1. The van der Waals surface area contributed by atoms with E-state index in [1.807, 2.05) is 6.26 Å². The SMILES string of the molecule is CNc1ccncc1S(=O)(=O)NCCCSC. The normalized spacial score (nSPS) is 11.4. The first-order chi connectivity index (χ1) is 8.11. The molecule has 0 saturated carbocycles. The number of hydrogen-bond acceptors (Lipinski definition) is 5. The Bertz CT molecular complexity index is 449. The summed E-state index contributed by atoms with van der Waals surface area (Å²) in [5, 5.41) is 2.84. The van der Waals surface area contributed by atoms with Crippen LogP contribution in [0.1, 0.15) is 6.42 Å². The number of aromatic nitrogens is 1. The van der Waals surface area contributed by atoms with E-state index in [1.165, 1.54) is 6.20 Å². The van der Waals surface area contributed by atoms with Crippen LogP contribution in [0.25, 0.3) is 0 Å². The van der Waals surface area contributed by atoms with Crippen molar-refractivity contribution in [3.05, 3.63) is 18.5 Å². The van der Waals surface area contributed by atoms with Gasteiger partial charge in [-0.15, -0.1) is 0 Å². The highest BCUT2D eigenvalue weighted by atomic mass is 32.2. The van der Waals surface area contributed by atoms with Crippen molar-refractivity contribution in [1.29, 1.82) is 0 Å². The van der Waals surface area contributed by atoms with Gasteiger partial charge in [-0.05, 0) is 24.5 Å². The first kappa shape index (κ1) is 14.3. The molecule has 1 aromatic heterocycles. The molecule has 0 aromatic carbocycles. The van der Waals surface area contributed by atoms with E-state index in [1.54, 1.807) is 31.1 Å². The van der Waals surface area contributed by atoms with Crippen molar-refractivity contribution in [3.63, 3.8) is 0 Å². The third-order valence-corrected chi connectivity index (χ3v) is 4.35. The largest absolute Gasteiger partial charge is 0.387 e. The van der Waals surface area contributed by atoms with Crippen LogP contribution in [0, 0.1) is 0 Å². The molecule has 96 valence electrons. The number of pyridine rings is 1. The number of nitrogens with zero attached hydrogens (tertiary/aromatic N) is 1. The number of nitrogens with one attached hydrogen (secondary N) is 2. The van der Waals surface area contributed by atoms with Crippen LogP contribution < -0.4 is 10.0 Å². The molecular weight excluding hydrogens is 258 g/mol. The summed E-state index contributed by atoms with van der Waals surface area (Å²) in [4.78, 5) is 4.03. The van der Waals surface area contributed by atoms with Gasteiger partial charge in [-0.1, -0.05) is 0 Å². The summed E-state index contributed by atoms with van der Waals surface area (Å²) in [5.41, 5.74) is 0.553. The molecule has 0 atom stereocenters. The standard InChI is InChI=1S/C10H17N3O2S2/c1-11-9-4-6-12-8-10(9)17(14,15)13-5-3-7-16-2/h4,6,8,13H,3,5,7H2,1-2H3,(H,11,12). The van der Waals surface area contributed by atoms with Crippen molar-refractivity contribution in [1.82, 2.24) is 9.71 Å². The molecule has 5 nitrogen and oxygen atoms in total. The summed E-state index contributed by atoms with van der Waals surface area (Å²) in [5.74, 6) is 0.939. The zero-order chi connectivity index (χ0) is 12.7. The Morgan fingerprint density at radius 2 is 2.24 bits per heavy atom. The van der Waals surface area contributed by atoms with Gasteiger partial charge in [0.25, 0.3) is 0 Å². The van der Waals surface area contributed by atoms with E-state index in [4.69, 9.17) is 0 Å². The monoisotopic (exact) mass is 275 g/mol. The zero-order valence-corrected chi connectivity index (χ0v) is 11.6. The molecule has 0 amide bonds. The van der Waals surface area contributed by atoms with Gasteiger partial charge in [-0.2, -0.15) is 11.8 Å². The lowest BCUT2D eigenvalue weighted by molar-refractivity contribution is 0.581. The van der Waals surface area contributed by atoms with Crippen molar-refractivity contribution in [3.8, 4) is 0 Å². The molecule has 1 aromatic rings. The molecule has 0 aliphatic heterocycles. The fourth-order valence-corrected chi connectivity index (χ4v) is 2.96. The molecule has 0 unspecified atom stereocenters. The van der Waals surface area contributed by atoms with E-state index < -0.39 is 10.0 Å². The molecule has 1 heterocycles. The van der Waals surface area contributed by atoms with Crippen LogP contribution in [0.3, 0.4) is 0 Å². The predicted octanol–water partition coefficient (Wildman–Crippen LogP) is 1.15. The number of rotatable bonds is 7. The Hall–Kier alpha value is -0.790. The van der Waals surface area contributed by atoms with Crippen LogP contribution in [-0.4, -0.2) is 39.0 Å². The average molecular weight is 275 g/mol. The second-order valence-corrected chi connectivity index (χ2v) is 6.09. The van der Waals surface area contributed by atoms with E-state index in [9.17, 15) is 8.42 Å². The van der Waals surface area contributed by atoms with Gasteiger partial charge in [0, 0.05) is 26.0 Å². The Balaban J connectivity index is 2.75. The van der Waals surface area contributed by atoms with Crippen molar-refractivity contribution in [2.75, 3.05) is 30.9 Å². The van der Waals surface area contributed by atoms with Gasteiger partial charge in [-0.3, -0.25) is 4.98 Å². The molecule has 0 aliphatic rings. The molecule has 2 N–H and O–H groups in total. The molecule has 17 heavy (non-hydrogen) atoms. The lowest BCUT2D eigenvalue weighted by Crippen LogP contribution is -2.26. The zero-order valence-electron chi connectivity index (χ0n) is 9.93. The summed E-state index contributed by atoms with van der Waals surface area (Å²) >= 11 is 1.70. The summed E-state index contributed by atoms with van der Waals surface area (Å²) in [6, 6.07) is 1.64. The first-order valence-electron chi connectivity index (χ1n) is 5.22. The van der Waals surface area contributed by atoms with Gasteiger partial charge in [-0.25, -0.2) is 13.1 Å². The minimum atomic E-state index is -3.47. The predicted molar refractivity (Wildman–Crippen MR) is 72.0 cm³/mol. The van der Waals surface area contributed by atoms with Gasteiger partial charge in [0.15, 0.2) is 0 Å². The Labute approximate surface area is 106 Å². The molecule has 0 bridgehead atoms. The van der Waals surface area contributed by atoms with E-state index >= 15 is 0 Å². The van der Waals surface area contributed by atoms with Gasteiger partial charge < -0.3 is 5.32 Å². The molecule has 0 spiro atoms. The second-order valence-electron chi connectivity index (χ2n) is 3.37. The van der Waals surface area contributed by atoms with Crippen LogP contribution in [-0.2, 0) is 10.0 Å². The lowest BCUT2D eigenvalue weighted by atomic mass is 10.4. The molecule has 0 saturated heterocycles. The molecule has 0 aliphatic carbocycles. The van der Waals surface area contributed by atoms with E-state index in [-0.39, 0.29) is 4.90 Å². The van der Waals surface area contributed by atoms with Gasteiger partial charge in [0.05, 0.1) is 5.69 Å². The third-order valence-electron chi connectivity index (χ3n) is 2.16. The highest BCUT2D eigenvalue weighted by molar-refractivity contribution is 7.98. The van der Waals surface area contributed by atoms with Crippen LogP contribution in [0.5, 0.6) is 0 Å². The maximum absolute atomic E-state index is 12.0. The number of hydrogen-bond donors (Lipinski definition) is 2. The summed E-state index contributed by atoms with van der Waals surface area (Å²) in [7, 11) is -1.79. The van der Waals surface area contributed by atoms with Crippen molar-refractivity contribution >= 4 is 27.5 Å². The topological polar surface area (TPSA) is 71.1 Å². The summed E-state index contributed by atoms with van der Waals surface area (Å²) < 4.78 is 26.5. The second kappa shape index (κ2) is 6.83. The molecule has 0 radical (unpaired) electrons. The molecular formula is C10H17N3O2S2. The smallest absolute Gasteiger partial charge is 0.244 e. The Morgan fingerprint density at radius 1 is 1.47 bits per heavy atom. The van der Waals surface area contributed by atoms with Gasteiger partial charge >= 0.3 is 0 Å². The van der Waals surface area contributed by atoms with Crippen molar-refractivity contribution in [2.45, 2.75) is 11.3 Å². The fraction of sp³-hybridized carbons (Fsp3) is 0.500. The van der Waals surface area contributed by atoms with Gasteiger partial charge in [0.2, 0.25) is 10.0 Å². The lowest BCUT2D eigenvalue weighted by Gasteiger charge is -2.10. The molecule has 1 rings (SSSR count). The van der Waals surface area contributed by atoms with E-state index in [0.29, 0.717) is 12.2 Å². The fourth-order valence-electron chi connectivity index (χ4n) is 1.30. The molecule has 0 fully saturated rings. The minimum absolute atomic E-state index is 0.187. The minimum Gasteiger partial charge on any atom is -0.387 e. The van der Waals surface area contributed by atoms with Crippen LogP contribution >= 0.6 is 11.8 Å². The van der Waals surface area contributed by atoms with Crippen LogP contribution in [0.4, 0.5) is 5.69 Å². The Kier molecular flexibility index (Phi) is 5.73. The maximum Gasteiger partial charge on any atom is 0.244 e. The highest BCUT2D eigenvalue weighted by Crippen LogP contribution is 2.18. The highest BCUT2D eigenvalue weighted by Gasteiger charge is 2.17. The van der Waals surface area contributed by atoms with E-state index in [2.05, 4.69) is 15.0 Å². The number of sulfonamides is 1. The van der Waals surface area contributed by atoms with Crippen LogP contribution in [0.2, 0.25) is 0 Å². The maximum atomic E-state index is 12.0. The first-order valence-corrected chi connectivity index (χ1v) is 8.10. The number of anilines is 1. The average Bonchev–Trinajstić information content (AvgIpc) is 2.34. The third kappa shape index (κ3) is 4.18.